The molecule has 0 radical (unpaired) electrons. The van der Waals surface area contributed by atoms with Gasteiger partial charge in [0.25, 0.3) is 11.8 Å². The van der Waals surface area contributed by atoms with Crippen molar-refractivity contribution in [1.82, 2.24) is 34.6 Å². The normalized spacial score (nSPS) is 19.8. The molecule has 12 heteroatoms. The van der Waals surface area contributed by atoms with Crippen LogP contribution < -0.4 is 5.32 Å². The molecule has 1 amide bonds. The van der Waals surface area contributed by atoms with Gasteiger partial charge in [0.15, 0.2) is 5.82 Å². The first-order valence-corrected chi connectivity index (χ1v) is 12.9. The first-order valence-electron chi connectivity index (χ1n) is 11.7. The van der Waals surface area contributed by atoms with E-state index < -0.39 is 24.4 Å². The van der Waals surface area contributed by atoms with Gasteiger partial charge in [-0.2, -0.15) is 0 Å². The van der Waals surface area contributed by atoms with Crippen molar-refractivity contribution in [2.45, 2.75) is 57.5 Å². The lowest BCUT2D eigenvalue weighted by molar-refractivity contribution is -0.0589. The molecule has 1 aliphatic rings. The fourth-order valence-corrected chi connectivity index (χ4v) is 5.77. The smallest absolute Gasteiger partial charge is 0.261 e. The maximum absolute atomic E-state index is 15.1. The van der Waals surface area contributed by atoms with E-state index in [1.165, 1.54) is 0 Å². The number of nitrogens with zero attached hydrogens (tertiary/aromatic N) is 6. The van der Waals surface area contributed by atoms with Gasteiger partial charge in [-0.3, -0.25) is 14.5 Å². The third kappa shape index (κ3) is 5.12. The molecule has 0 bridgehead atoms. The van der Waals surface area contributed by atoms with E-state index in [0.29, 0.717) is 44.6 Å². The Bertz CT molecular complexity index is 1410. The van der Waals surface area contributed by atoms with Crippen molar-refractivity contribution in [3.8, 4) is 11.5 Å². The molecule has 190 valence electrons. The highest BCUT2D eigenvalue weighted by molar-refractivity contribution is 7.18. The average molecular weight is 534 g/mol. The number of aryl methyl sites for hydroxylation is 1. The molecular formula is C24H26ClF2N7OS. The van der Waals surface area contributed by atoms with Crippen LogP contribution in [0, 0.1) is 5.92 Å². The van der Waals surface area contributed by atoms with E-state index in [-0.39, 0.29) is 18.2 Å². The first-order chi connectivity index (χ1) is 17.1. The van der Waals surface area contributed by atoms with Crippen molar-refractivity contribution in [2.75, 3.05) is 0 Å². The van der Waals surface area contributed by atoms with Crippen LogP contribution in [0.4, 0.5) is 8.78 Å². The summed E-state index contributed by atoms with van der Waals surface area (Å²) in [4.78, 5) is 26.6. The van der Waals surface area contributed by atoms with Crippen molar-refractivity contribution in [2.24, 2.45) is 13.0 Å². The third-order valence-corrected chi connectivity index (χ3v) is 7.43. The molecule has 0 aliphatic heterocycles. The molecular weight excluding hydrogens is 508 g/mol. The van der Waals surface area contributed by atoms with Crippen LogP contribution >= 0.6 is 22.9 Å². The molecule has 0 saturated heterocycles. The van der Waals surface area contributed by atoms with Crippen molar-refractivity contribution in [3.05, 3.63) is 45.8 Å². The molecule has 4 aromatic rings. The standard InChI is InChI=1S/C24H26ClF2N7OS/c1-13(2)6-21-31-17-11-28-16(22-29-12-33(3)32-22)8-18(17)34(21)15-7-14(9-24(26,27)10-15)30-23(35)19-4-5-20(25)36-19/h4-5,8,11-15H,6-7,9-10H2,1-3H3,(H,30,35). The first kappa shape index (κ1) is 24.8. The molecule has 1 fully saturated rings. The second-order valence-electron chi connectivity index (χ2n) is 9.72. The number of alkyl halides is 2. The minimum atomic E-state index is -2.95. The number of amides is 1. The fraction of sp³-hybridized carbons (Fsp3) is 0.458. The van der Waals surface area contributed by atoms with Gasteiger partial charge < -0.3 is 9.88 Å². The molecule has 4 heterocycles. The SMILES string of the molecule is CC(C)Cc1nc2cnc(-c3ncn(C)n3)cc2n1C1CC(NC(=O)c2ccc(Cl)s2)CC(F)(F)C1. The third-order valence-electron chi connectivity index (χ3n) is 6.20. The van der Waals surface area contributed by atoms with Crippen LogP contribution in [0.1, 0.15) is 54.6 Å². The molecule has 2 atom stereocenters. The van der Waals surface area contributed by atoms with Gasteiger partial charge in [-0.1, -0.05) is 25.4 Å². The van der Waals surface area contributed by atoms with Gasteiger partial charge in [0.2, 0.25) is 0 Å². The monoisotopic (exact) mass is 533 g/mol. The van der Waals surface area contributed by atoms with Crippen molar-refractivity contribution in [3.63, 3.8) is 0 Å². The summed E-state index contributed by atoms with van der Waals surface area (Å²) in [6.45, 7) is 4.13. The number of aromatic nitrogens is 6. The summed E-state index contributed by atoms with van der Waals surface area (Å²) in [5, 5.41) is 7.13. The summed E-state index contributed by atoms with van der Waals surface area (Å²) in [5.41, 5.74) is 1.89. The molecule has 0 spiro atoms. The Balaban J connectivity index is 1.52. The van der Waals surface area contributed by atoms with E-state index in [9.17, 15) is 4.79 Å². The minimum Gasteiger partial charge on any atom is -0.348 e. The summed E-state index contributed by atoms with van der Waals surface area (Å²) in [5.74, 6) is -1.89. The highest BCUT2D eigenvalue weighted by Crippen LogP contribution is 2.42. The van der Waals surface area contributed by atoms with Gasteiger partial charge in [-0.15, -0.1) is 16.4 Å². The summed E-state index contributed by atoms with van der Waals surface area (Å²) in [6, 6.07) is 3.78. The average Bonchev–Trinajstić information content (AvgIpc) is 3.49. The predicted molar refractivity (Wildman–Crippen MR) is 134 cm³/mol. The maximum Gasteiger partial charge on any atom is 0.261 e. The fourth-order valence-electron chi connectivity index (χ4n) is 4.83. The number of rotatable bonds is 6. The van der Waals surface area contributed by atoms with E-state index in [4.69, 9.17) is 16.6 Å². The lowest BCUT2D eigenvalue weighted by Gasteiger charge is -2.36. The van der Waals surface area contributed by atoms with Gasteiger partial charge in [0.05, 0.1) is 20.9 Å². The van der Waals surface area contributed by atoms with E-state index >= 15 is 8.78 Å². The summed E-state index contributed by atoms with van der Waals surface area (Å²) >= 11 is 7.07. The van der Waals surface area contributed by atoms with Crippen LogP contribution in [0.2, 0.25) is 4.34 Å². The molecule has 4 aromatic heterocycles. The zero-order valence-corrected chi connectivity index (χ0v) is 21.7. The topological polar surface area (TPSA) is 90.5 Å². The summed E-state index contributed by atoms with van der Waals surface area (Å²) in [6.07, 6.45) is 3.46. The number of carbonyl (C=O) groups is 1. The minimum absolute atomic E-state index is 0.272. The number of thiophene rings is 1. The van der Waals surface area contributed by atoms with Crippen molar-refractivity contribution in [1.29, 1.82) is 0 Å². The molecule has 1 aliphatic carbocycles. The van der Waals surface area contributed by atoms with Crippen LogP contribution in [0.15, 0.2) is 30.7 Å². The van der Waals surface area contributed by atoms with Crippen LogP contribution in [-0.4, -0.2) is 47.2 Å². The van der Waals surface area contributed by atoms with Crippen LogP contribution in [0.5, 0.6) is 0 Å². The predicted octanol–water partition coefficient (Wildman–Crippen LogP) is 5.30. The molecule has 0 aromatic carbocycles. The van der Waals surface area contributed by atoms with Crippen LogP contribution in [0.3, 0.4) is 0 Å². The van der Waals surface area contributed by atoms with Crippen molar-refractivity contribution >= 4 is 39.9 Å². The van der Waals surface area contributed by atoms with Crippen molar-refractivity contribution < 1.29 is 13.6 Å². The molecule has 36 heavy (non-hydrogen) atoms. The Morgan fingerprint density at radius 3 is 2.78 bits per heavy atom. The Labute approximate surface area is 215 Å². The van der Waals surface area contributed by atoms with Gasteiger partial charge in [-0.05, 0) is 30.5 Å². The van der Waals surface area contributed by atoms with E-state index in [2.05, 4.69) is 34.2 Å². The Kier molecular flexibility index (Phi) is 6.54. The zero-order valence-electron chi connectivity index (χ0n) is 20.1. The number of fused-ring (bicyclic) bond motifs is 1. The quantitative estimate of drug-likeness (QED) is 0.363. The molecule has 2 unspecified atom stereocenters. The maximum atomic E-state index is 15.1. The molecule has 1 N–H and O–H groups in total. The lowest BCUT2D eigenvalue weighted by atomic mass is 9.87. The number of hydrogen-bond donors (Lipinski definition) is 1. The molecule has 5 rings (SSSR count). The Morgan fingerprint density at radius 1 is 1.31 bits per heavy atom. The number of imidazole rings is 1. The second-order valence-corrected chi connectivity index (χ2v) is 11.4. The van der Waals surface area contributed by atoms with E-state index in [1.54, 1.807) is 36.4 Å². The number of halogens is 3. The van der Waals surface area contributed by atoms with E-state index in [0.717, 1.165) is 17.2 Å². The number of pyridine rings is 1. The van der Waals surface area contributed by atoms with Gasteiger partial charge >= 0.3 is 0 Å². The summed E-state index contributed by atoms with van der Waals surface area (Å²) in [7, 11) is 1.77. The Morgan fingerprint density at radius 2 is 2.11 bits per heavy atom. The van der Waals surface area contributed by atoms with Gasteiger partial charge in [0, 0.05) is 38.4 Å². The summed E-state index contributed by atoms with van der Waals surface area (Å²) < 4.78 is 34.1. The number of hydrogen-bond acceptors (Lipinski definition) is 6. The van der Waals surface area contributed by atoms with Gasteiger partial charge in [-0.25, -0.2) is 18.7 Å². The second kappa shape index (κ2) is 9.51. The lowest BCUT2D eigenvalue weighted by Crippen LogP contribution is -2.45. The van der Waals surface area contributed by atoms with Gasteiger partial charge in [0.1, 0.15) is 23.4 Å². The highest BCUT2D eigenvalue weighted by Gasteiger charge is 2.43. The largest absolute Gasteiger partial charge is 0.348 e. The number of carbonyl (C=O) groups excluding carboxylic acids is 1. The van der Waals surface area contributed by atoms with Crippen LogP contribution in [-0.2, 0) is 13.5 Å². The zero-order chi connectivity index (χ0) is 25.6. The highest BCUT2D eigenvalue weighted by atomic mass is 35.5. The van der Waals surface area contributed by atoms with E-state index in [1.807, 2.05) is 10.6 Å². The molecule has 8 nitrogen and oxygen atoms in total. The Hall–Kier alpha value is -2.92. The molecule has 1 saturated carbocycles. The van der Waals surface area contributed by atoms with Crippen LogP contribution in [0.25, 0.3) is 22.6 Å². The number of nitrogens with one attached hydrogen (secondary N) is 1.